The first-order valence-corrected chi connectivity index (χ1v) is 19.2. The molecule has 4 amide bonds. The molecule has 0 unspecified atom stereocenters. The van der Waals surface area contributed by atoms with Crippen molar-refractivity contribution in [3.05, 3.63) is 78.4 Å². The smallest absolute Gasteiger partial charge is 0.408 e. The lowest BCUT2D eigenvalue weighted by molar-refractivity contribution is -0.141. The predicted octanol–water partition coefficient (Wildman–Crippen LogP) is 5.30. The summed E-state index contributed by atoms with van der Waals surface area (Å²) >= 11 is 0. The number of nitrogens with one attached hydrogen (secondary N) is 3. The van der Waals surface area contributed by atoms with Gasteiger partial charge in [-0.05, 0) is 75.5 Å². The first-order chi connectivity index (χ1) is 25.9. The molecular weight excluding hydrogens is 672 g/mol. The number of benzene rings is 2. The number of nitrogens with zero attached hydrogens (tertiary/aromatic N) is 5. The summed E-state index contributed by atoms with van der Waals surface area (Å²) in [6.45, 7) is 4.37. The van der Waals surface area contributed by atoms with E-state index in [1.165, 1.54) is 9.70 Å². The Balaban J connectivity index is 1.32. The molecule has 3 N–H and O–H groups in total. The van der Waals surface area contributed by atoms with Crippen LogP contribution in [0.3, 0.4) is 0 Å². The number of tetrazole rings is 1. The number of carbonyl (C=O) groups excluding carboxylic acids is 4. The van der Waals surface area contributed by atoms with Crippen molar-refractivity contribution in [3.63, 3.8) is 0 Å². The van der Waals surface area contributed by atoms with Gasteiger partial charge in [0.25, 0.3) is 0 Å². The number of allylic oxidation sites excluding steroid dienone is 2. The van der Waals surface area contributed by atoms with E-state index < -0.39 is 36.2 Å². The molecule has 5 rings (SSSR count). The van der Waals surface area contributed by atoms with Crippen molar-refractivity contribution < 1.29 is 23.9 Å². The van der Waals surface area contributed by atoms with E-state index in [1.807, 2.05) is 80.6 Å². The van der Waals surface area contributed by atoms with Crippen LogP contribution in [0.5, 0.6) is 0 Å². The third-order valence-corrected chi connectivity index (χ3v) is 10.0. The number of aromatic nitrogens is 4. The van der Waals surface area contributed by atoms with Crippen LogP contribution in [-0.2, 0) is 25.5 Å². The first-order valence-electron chi connectivity index (χ1n) is 19.2. The molecule has 3 aromatic rings. The number of unbranched alkanes of at least 4 members (excludes halogenated alkanes) is 3. The van der Waals surface area contributed by atoms with Gasteiger partial charge < -0.3 is 25.6 Å². The Bertz CT molecular complexity index is 1640. The maximum atomic E-state index is 14.5. The van der Waals surface area contributed by atoms with Crippen molar-refractivity contribution in [1.82, 2.24) is 41.1 Å². The van der Waals surface area contributed by atoms with Crippen LogP contribution in [0.15, 0.2) is 72.8 Å². The van der Waals surface area contributed by atoms with Crippen LogP contribution in [-0.4, -0.2) is 86.2 Å². The molecule has 2 heterocycles. The average molecular weight is 727 g/mol. The molecule has 0 spiro atoms. The highest BCUT2D eigenvalue weighted by Gasteiger charge is 2.44. The summed E-state index contributed by atoms with van der Waals surface area (Å²) in [6, 6.07) is 16.2. The summed E-state index contributed by atoms with van der Waals surface area (Å²) in [6.07, 6.45) is 12.1. The first kappa shape index (κ1) is 39.1. The Hall–Kier alpha value is -5.07. The summed E-state index contributed by atoms with van der Waals surface area (Å²) in [5.41, 5.74) is 1.89. The second kappa shape index (κ2) is 20.2. The van der Waals surface area contributed by atoms with E-state index in [-0.39, 0.29) is 30.9 Å². The minimum absolute atomic E-state index is 0.124. The number of alkyl carbamates (subject to hydrolysis) is 1. The molecular formula is C40H54N8O5. The van der Waals surface area contributed by atoms with Gasteiger partial charge in [0, 0.05) is 25.1 Å². The Labute approximate surface area is 312 Å². The van der Waals surface area contributed by atoms with E-state index in [9.17, 15) is 19.2 Å². The van der Waals surface area contributed by atoms with Gasteiger partial charge in [-0.1, -0.05) is 92.6 Å². The molecule has 2 fully saturated rings. The van der Waals surface area contributed by atoms with Crippen LogP contribution in [0.25, 0.3) is 11.4 Å². The molecule has 13 heteroatoms. The molecule has 1 saturated heterocycles. The fraction of sp³-hybridized carbons (Fsp3) is 0.525. The molecule has 2 aliphatic rings. The Kier molecular flexibility index (Phi) is 15.0. The molecule has 4 atom stereocenters. The molecule has 2 aromatic carbocycles. The number of rotatable bonds is 18. The lowest BCUT2D eigenvalue weighted by atomic mass is 10.0. The Morgan fingerprint density at radius 3 is 2.40 bits per heavy atom. The van der Waals surface area contributed by atoms with Crippen LogP contribution in [0.2, 0.25) is 0 Å². The Morgan fingerprint density at radius 2 is 1.68 bits per heavy atom. The lowest BCUT2D eigenvalue weighted by Gasteiger charge is -2.29. The van der Waals surface area contributed by atoms with E-state index in [1.54, 1.807) is 0 Å². The molecule has 1 aliphatic carbocycles. The minimum atomic E-state index is -0.935. The fourth-order valence-corrected chi connectivity index (χ4v) is 7.02. The highest BCUT2D eigenvalue weighted by molar-refractivity contribution is 5.94. The second-order valence-corrected chi connectivity index (χ2v) is 13.9. The zero-order chi connectivity index (χ0) is 37.4. The molecule has 284 valence electrons. The highest BCUT2D eigenvalue weighted by atomic mass is 16.6. The summed E-state index contributed by atoms with van der Waals surface area (Å²) in [5, 5.41) is 21.9. The monoisotopic (exact) mass is 726 g/mol. The SMILES string of the molecule is C/C=C\CCCCC[C@H](NC(=O)OC1CCCC1)C(=O)N1C[C@H](n2nnc(-c3ccccc3)n2)C[C@H]1C(=O)N[C@@H](CC)C(=O)NCCc1ccccc1. The number of carbonyl (C=O) groups is 4. The quantitative estimate of drug-likeness (QED) is 0.118. The summed E-state index contributed by atoms with van der Waals surface area (Å²) in [5.74, 6) is -0.690. The van der Waals surface area contributed by atoms with Gasteiger partial charge in [0.2, 0.25) is 23.5 Å². The van der Waals surface area contributed by atoms with Crippen LogP contribution in [0.4, 0.5) is 4.79 Å². The summed E-state index contributed by atoms with van der Waals surface area (Å²) in [7, 11) is 0. The third kappa shape index (κ3) is 11.5. The Morgan fingerprint density at radius 1 is 0.943 bits per heavy atom. The van der Waals surface area contributed by atoms with E-state index in [4.69, 9.17) is 4.74 Å². The van der Waals surface area contributed by atoms with Gasteiger partial charge in [0.05, 0.1) is 6.04 Å². The highest BCUT2D eigenvalue weighted by Crippen LogP contribution is 2.29. The molecule has 1 aromatic heterocycles. The van der Waals surface area contributed by atoms with Crippen LogP contribution in [0, 0.1) is 0 Å². The van der Waals surface area contributed by atoms with E-state index in [0.29, 0.717) is 38.1 Å². The van der Waals surface area contributed by atoms with Crippen molar-refractivity contribution in [1.29, 1.82) is 0 Å². The van der Waals surface area contributed by atoms with Crippen molar-refractivity contribution in [2.75, 3.05) is 13.1 Å². The zero-order valence-electron chi connectivity index (χ0n) is 31.0. The average Bonchev–Trinajstić information content (AvgIpc) is 3.97. The van der Waals surface area contributed by atoms with Gasteiger partial charge in [-0.2, -0.15) is 4.80 Å². The van der Waals surface area contributed by atoms with Gasteiger partial charge in [0.15, 0.2) is 0 Å². The lowest BCUT2D eigenvalue weighted by Crippen LogP contribution is -2.56. The van der Waals surface area contributed by atoms with Gasteiger partial charge >= 0.3 is 6.09 Å². The molecule has 53 heavy (non-hydrogen) atoms. The maximum absolute atomic E-state index is 14.5. The van der Waals surface area contributed by atoms with E-state index >= 15 is 0 Å². The van der Waals surface area contributed by atoms with Crippen molar-refractivity contribution in [2.45, 2.75) is 121 Å². The van der Waals surface area contributed by atoms with Gasteiger partial charge in [-0.15, -0.1) is 10.2 Å². The standard InChI is InChI=1S/C40H54N8O5/c1-3-5-6-7-8-15-24-34(43-40(52)53-32-22-16-17-23-32)39(51)47-28-31(48-45-36(44-46-48)30-20-13-10-14-21-30)27-35(47)38(50)42-33(4-2)37(49)41-26-25-29-18-11-9-12-19-29/h3,5,9-14,18-21,31-35H,4,6-8,15-17,22-28H2,1-2H3,(H,41,49)(H,42,50)(H,43,52)/b5-3-/t31-,33+,34+,35+/m1/s1. The van der Waals surface area contributed by atoms with Crippen LogP contribution in [0.1, 0.15) is 96.1 Å². The number of hydrogen-bond acceptors (Lipinski definition) is 8. The fourth-order valence-electron chi connectivity index (χ4n) is 7.02. The number of likely N-dealkylation sites (tertiary alicyclic amines) is 1. The summed E-state index contributed by atoms with van der Waals surface area (Å²) in [4.78, 5) is 57.9. The van der Waals surface area contributed by atoms with Crippen molar-refractivity contribution in [2.24, 2.45) is 0 Å². The number of hydrogen-bond donors (Lipinski definition) is 3. The topological polar surface area (TPSA) is 160 Å². The molecule has 1 aliphatic heterocycles. The van der Waals surface area contributed by atoms with E-state index in [0.717, 1.165) is 56.1 Å². The molecule has 0 radical (unpaired) electrons. The normalized spacial score (nSPS) is 18.5. The largest absolute Gasteiger partial charge is 0.446 e. The van der Waals surface area contributed by atoms with Crippen LogP contribution >= 0.6 is 0 Å². The van der Waals surface area contributed by atoms with Crippen molar-refractivity contribution >= 4 is 23.8 Å². The van der Waals surface area contributed by atoms with Gasteiger partial charge in [-0.3, -0.25) is 14.4 Å². The third-order valence-electron chi connectivity index (χ3n) is 10.0. The second-order valence-electron chi connectivity index (χ2n) is 13.9. The van der Waals surface area contributed by atoms with Gasteiger partial charge in [-0.25, -0.2) is 4.79 Å². The van der Waals surface area contributed by atoms with Gasteiger partial charge in [0.1, 0.15) is 24.2 Å². The zero-order valence-corrected chi connectivity index (χ0v) is 31.0. The number of ether oxygens (including phenoxy) is 1. The predicted molar refractivity (Wildman–Crippen MR) is 201 cm³/mol. The number of amides is 4. The maximum Gasteiger partial charge on any atom is 0.408 e. The molecule has 1 saturated carbocycles. The van der Waals surface area contributed by atoms with E-state index in [2.05, 4.69) is 37.4 Å². The molecule has 0 bridgehead atoms. The summed E-state index contributed by atoms with van der Waals surface area (Å²) < 4.78 is 5.69. The van der Waals surface area contributed by atoms with Crippen molar-refractivity contribution in [3.8, 4) is 11.4 Å². The van der Waals surface area contributed by atoms with Crippen LogP contribution < -0.4 is 16.0 Å². The minimum Gasteiger partial charge on any atom is -0.446 e. The molecule has 13 nitrogen and oxygen atoms in total.